The molecule has 2 aromatic heterocycles. The van der Waals surface area contributed by atoms with Crippen LogP contribution in [0.3, 0.4) is 0 Å². The van der Waals surface area contributed by atoms with Crippen molar-refractivity contribution in [3.8, 4) is 22.6 Å². The zero-order valence-electron chi connectivity index (χ0n) is 19.0. The zero-order valence-corrected chi connectivity index (χ0v) is 19.9. The highest BCUT2D eigenvalue weighted by molar-refractivity contribution is 7.45. The Balaban J connectivity index is 0.000000617. The van der Waals surface area contributed by atoms with E-state index in [2.05, 4.69) is 25.1 Å². The number of aromatic nitrogens is 5. The van der Waals surface area contributed by atoms with Crippen LogP contribution in [0.25, 0.3) is 22.6 Å². The van der Waals surface area contributed by atoms with Gasteiger partial charge < -0.3 is 24.5 Å². The molecule has 1 saturated heterocycles. The Hall–Kier alpha value is -3.50. The van der Waals surface area contributed by atoms with Gasteiger partial charge >= 0.3 is 19.8 Å². The van der Waals surface area contributed by atoms with Gasteiger partial charge in [0.25, 0.3) is 6.43 Å². The molecule has 0 spiro atoms. The highest BCUT2D eigenvalue weighted by Crippen LogP contribution is 2.35. The third-order valence-corrected chi connectivity index (χ3v) is 5.44. The molecule has 18 heteroatoms. The third-order valence-electron chi connectivity index (χ3n) is 5.44. The predicted octanol–water partition coefficient (Wildman–Crippen LogP) is 2.20. The average Bonchev–Trinajstić information content (AvgIpc) is 3.42. The summed E-state index contributed by atoms with van der Waals surface area (Å²) >= 11 is 0. The van der Waals surface area contributed by atoms with Gasteiger partial charge in [-0.15, -0.1) is 10.2 Å². The number of hydrogen-bond donors (Lipinski definition) is 4. The molecule has 2 atom stereocenters. The van der Waals surface area contributed by atoms with E-state index in [1.807, 2.05) is 0 Å². The molecule has 0 bridgehead atoms. The lowest BCUT2D eigenvalue weighted by Crippen LogP contribution is -2.46. The van der Waals surface area contributed by atoms with E-state index < -0.39 is 44.7 Å². The normalized spacial score (nSPS) is 19.1. The topological polar surface area (TPSA) is 184 Å². The van der Waals surface area contributed by atoms with Gasteiger partial charge in [-0.05, 0) is 42.3 Å². The Morgan fingerprint density at radius 3 is 2.39 bits per heavy atom. The van der Waals surface area contributed by atoms with Crippen LogP contribution in [0.5, 0.6) is 0 Å². The van der Waals surface area contributed by atoms with Crippen molar-refractivity contribution in [2.24, 2.45) is 0 Å². The molecule has 204 valence electrons. The summed E-state index contributed by atoms with van der Waals surface area (Å²) in [4.78, 5) is 40.1. The molecule has 1 aliphatic carbocycles. The van der Waals surface area contributed by atoms with Crippen LogP contribution in [0, 0.1) is 5.82 Å². The first kappa shape index (κ1) is 27.5. The number of carbonyl (C=O) groups excluding carboxylic acids is 1. The number of tetrazole rings is 1. The van der Waals surface area contributed by atoms with Crippen LogP contribution < -0.4 is 4.90 Å². The van der Waals surface area contributed by atoms with Crippen LogP contribution >= 0.6 is 7.82 Å². The largest absolute Gasteiger partial charge is 0.466 e. The second-order valence-electron chi connectivity index (χ2n) is 8.29. The maximum Gasteiger partial charge on any atom is 0.466 e. The molecule has 13 nitrogen and oxygen atoms in total. The van der Waals surface area contributed by atoms with Gasteiger partial charge in [0.2, 0.25) is 5.82 Å². The Bertz CT molecular complexity index is 1360. The average molecular weight is 562 g/mol. The molecule has 4 N–H and O–H groups in total. The SMILES string of the molecule is O=C1OC(C(O)(F)C(F)F)CN1c1ccc(-c2ccc(-c3nnn(C4CC4)n3)nc2)c(F)c1.O=P(O)(O)O. The molecule has 2 fully saturated rings. The molecule has 1 amide bonds. The Morgan fingerprint density at radius 2 is 1.84 bits per heavy atom. The highest BCUT2D eigenvalue weighted by Gasteiger charge is 2.53. The van der Waals surface area contributed by atoms with Crippen molar-refractivity contribution in [2.75, 3.05) is 11.4 Å². The number of aliphatic hydroxyl groups is 1. The number of carbonyl (C=O) groups is 1. The summed E-state index contributed by atoms with van der Waals surface area (Å²) < 4.78 is 67.3. The summed E-state index contributed by atoms with van der Waals surface area (Å²) in [5.74, 6) is -4.40. The fourth-order valence-electron chi connectivity index (χ4n) is 3.40. The van der Waals surface area contributed by atoms with E-state index in [0.717, 1.165) is 23.8 Å². The third kappa shape index (κ3) is 6.31. The lowest BCUT2D eigenvalue weighted by atomic mass is 10.1. The Morgan fingerprint density at radius 1 is 1.16 bits per heavy atom. The van der Waals surface area contributed by atoms with Gasteiger partial charge in [0, 0.05) is 17.3 Å². The number of hydrogen-bond acceptors (Lipinski definition) is 8. The number of phosphoric acid groups is 1. The van der Waals surface area contributed by atoms with E-state index in [9.17, 15) is 27.5 Å². The monoisotopic (exact) mass is 562 g/mol. The molecule has 38 heavy (non-hydrogen) atoms. The van der Waals surface area contributed by atoms with Crippen LogP contribution in [0.4, 0.5) is 28.0 Å². The fourth-order valence-corrected chi connectivity index (χ4v) is 3.40. The van der Waals surface area contributed by atoms with E-state index in [1.54, 1.807) is 16.9 Å². The molecular weight excluding hydrogens is 543 g/mol. The molecular formula is C20H19F4N6O7P. The number of amides is 1. The van der Waals surface area contributed by atoms with E-state index in [1.165, 1.54) is 18.3 Å². The summed E-state index contributed by atoms with van der Waals surface area (Å²) in [6.07, 6.45) is -3.63. The molecule has 2 unspecified atom stereocenters. The van der Waals surface area contributed by atoms with E-state index >= 15 is 0 Å². The molecule has 3 heterocycles. The molecule has 1 aliphatic heterocycles. The lowest BCUT2D eigenvalue weighted by Gasteiger charge is -2.22. The summed E-state index contributed by atoms with van der Waals surface area (Å²) in [6, 6.07) is 7.19. The minimum absolute atomic E-state index is 0.0423. The molecule has 0 radical (unpaired) electrons. The van der Waals surface area contributed by atoms with Gasteiger partial charge in [0.15, 0.2) is 6.10 Å². The van der Waals surface area contributed by atoms with Crippen molar-refractivity contribution < 1.29 is 51.4 Å². The molecule has 1 saturated carbocycles. The van der Waals surface area contributed by atoms with Crippen LogP contribution in [0.15, 0.2) is 36.5 Å². The van der Waals surface area contributed by atoms with Crippen molar-refractivity contribution in [2.45, 2.75) is 37.3 Å². The second kappa shape index (κ2) is 10.3. The quantitative estimate of drug-likeness (QED) is 0.255. The minimum Gasteiger partial charge on any atom is -0.438 e. The van der Waals surface area contributed by atoms with Crippen LogP contribution in [0.1, 0.15) is 18.9 Å². The molecule has 1 aromatic carbocycles. The summed E-state index contributed by atoms with van der Waals surface area (Å²) in [6.45, 7) is -0.709. The van der Waals surface area contributed by atoms with Gasteiger partial charge in [-0.1, -0.05) is 6.07 Å². The van der Waals surface area contributed by atoms with Crippen LogP contribution in [-0.2, 0) is 9.30 Å². The number of halogens is 4. The summed E-state index contributed by atoms with van der Waals surface area (Å²) in [7, 11) is -4.64. The minimum atomic E-state index is -4.64. The number of anilines is 1. The van der Waals surface area contributed by atoms with Gasteiger partial charge in [0.05, 0.1) is 18.3 Å². The Labute approximate surface area is 210 Å². The van der Waals surface area contributed by atoms with Crippen molar-refractivity contribution >= 4 is 19.6 Å². The van der Waals surface area contributed by atoms with Crippen LogP contribution in [-0.4, -0.2) is 76.0 Å². The predicted molar refractivity (Wildman–Crippen MR) is 119 cm³/mol. The van der Waals surface area contributed by atoms with Gasteiger partial charge in [0.1, 0.15) is 11.5 Å². The summed E-state index contributed by atoms with van der Waals surface area (Å²) in [5, 5.41) is 21.5. The highest BCUT2D eigenvalue weighted by atomic mass is 31.2. The Kier molecular flexibility index (Phi) is 7.49. The number of alkyl halides is 3. The first-order chi connectivity index (χ1) is 17.7. The number of benzene rings is 1. The van der Waals surface area contributed by atoms with Gasteiger partial charge in [-0.2, -0.15) is 4.80 Å². The van der Waals surface area contributed by atoms with Crippen molar-refractivity contribution in [3.05, 3.63) is 42.3 Å². The number of ether oxygens (including phenoxy) is 1. The number of pyridine rings is 1. The van der Waals surface area contributed by atoms with Gasteiger partial charge in [-0.25, -0.2) is 26.9 Å². The standard InChI is InChI=1S/C20H16F4N6O3.H3O4P/c21-14-7-12(29-9-16(33-19(29)31)20(24,32)18(22)23)4-5-13(14)10-1-6-15(25-8-10)17-26-28-30(27-17)11-2-3-11;1-5(2,3)4/h1,4-8,11,16,18,32H,2-3,9H2;(H3,1,2,3,4). The molecule has 3 aromatic rings. The molecule has 2 aliphatic rings. The molecule has 5 rings (SSSR count). The zero-order chi connectivity index (χ0) is 27.8. The smallest absolute Gasteiger partial charge is 0.438 e. The number of rotatable bonds is 6. The van der Waals surface area contributed by atoms with Crippen molar-refractivity contribution in [1.82, 2.24) is 25.2 Å². The number of cyclic esters (lactones) is 1. The lowest BCUT2D eigenvalue weighted by molar-refractivity contribution is -0.230. The second-order valence-corrected chi connectivity index (χ2v) is 9.31. The van der Waals surface area contributed by atoms with Crippen molar-refractivity contribution in [3.63, 3.8) is 0 Å². The van der Waals surface area contributed by atoms with Gasteiger partial charge in [-0.3, -0.25) is 9.88 Å². The van der Waals surface area contributed by atoms with E-state index in [4.69, 9.17) is 19.2 Å². The summed E-state index contributed by atoms with van der Waals surface area (Å²) in [5.41, 5.74) is 1.01. The maximum absolute atomic E-state index is 14.8. The van der Waals surface area contributed by atoms with E-state index in [0.29, 0.717) is 17.1 Å². The van der Waals surface area contributed by atoms with Crippen LogP contribution in [0.2, 0.25) is 0 Å². The maximum atomic E-state index is 14.8. The van der Waals surface area contributed by atoms with E-state index in [-0.39, 0.29) is 17.3 Å². The first-order valence-electron chi connectivity index (χ1n) is 10.8. The first-order valence-corrected chi connectivity index (χ1v) is 12.3. The van der Waals surface area contributed by atoms with Crippen molar-refractivity contribution in [1.29, 1.82) is 0 Å². The number of nitrogens with zero attached hydrogens (tertiary/aromatic N) is 6. The fraction of sp³-hybridized carbons (Fsp3) is 0.350.